The molecule has 1 aliphatic heterocycles. The highest BCUT2D eigenvalue weighted by Gasteiger charge is 2.17. The van der Waals surface area contributed by atoms with Crippen LogP contribution in [0.15, 0.2) is 12.1 Å². The van der Waals surface area contributed by atoms with E-state index < -0.39 is 5.82 Å². The number of fused-ring (bicyclic) bond motifs is 1. The first-order valence-corrected chi connectivity index (χ1v) is 3.55. The maximum absolute atomic E-state index is 13.0. The van der Waals surface area contributed by atoms with Crippen LogP contribution in [0.1, 0.15) is 0 Å². The second-order valence-electron chi connectivity index (χ2n) is 2.45. The lowest BCUT2D eigenvalue weighted by atomic mass is 10.2. The van der Waals surface area contributed by atoms with Crippen LogP contribution < -0.4 is 9.47 Å². The van der Waals surface area contributed by atoms with E-state index in [0.717, 1.165) is 6.07 Å². The molecule has 0 aliphatic carbocycles. The molecule has 0 fully saturated rings. The van der Waals surface area contributed by atoms with Crippen LogP contribution in [0.4, 0.5) is 4.39 Å². The van der Waals surface area contributed by atoms with Gasteiger partial charge in [-0.05, 0) is 0 Å². The predicted molar refractivity (Wildman–Crippen MR) is 39.1 cm³/mol. The highest BCUT2D eigenvalue weighted by atomic mass is 19.1. The van der Waals surface area contributed by atoms with Crippen LogP contribution in [-0.4, -0.2) is 18.3 Å². The molecule has 1 N–H and O–H groups in total. The number of phenols is 1. The Labute approximate surface area is 68.3 Å². The zero-order valence-electron chi connectivity index (χ0n) is 6.21. The van der Waals surface area contributed by atoms with E-state index in [1.54, 1.807) is 0 Å². The van der Waals surface area contributed by atoms with Gasteiger partial charge in [-0.25, -0.2) is 4.39 Å². The molecule has 1 aliphatic rings. The normalized spacial score (nSPS) is 14.4. The first-order chi connectivity index (χ1) is 5.77. The van der Waals surface area contributed by atoms with Gasteiger partial charge in [0.15, 0.2) is 17.3 Å². The minimum absolute atomic E-state index is 0.0825. The molecular formula is C8H7FO3. The molecule has 0 saturated carbocycles. The van der Waals surface area contributed by atoms with Crippen molar-refractivity contribution in [3.05, 3.63) is 17.9 Å². The monoisotopic (exact) mass is 170 g/mol. The Morgan fingerprint density at radius 1 is 1.25 bits per heavy atom. The highest BCUT2D eigenvalue weighted by molar-refractivity contribution is 5.46. The van der Waals surface area contributed by atoms with Crippen molar-refractivity contribution in [1.29, 1.82) is 0 Å². The summed E-state index contributed by atoms with van der Waals surface area (Å²) in [6.45, 7) is 0.727. The number of hydrogen-bond donors (Lipinski definition) is 1. The molecule has 1 aromatic carbocycles. The summed E-state index contributed by atoms with van der Waals surface area (Å²) in [6.07, 6.45) is 0. The smallest absolute Gasteiger partial charge is 0.197 e. The summed E-state index contributed by atoms with van der Waals surface area (Å²) in [5.41, 5.74) is 0. The van der Waals surface area contributed by atoms with Gasteiger partial charge in [-0.3, -0.25) is 0 Å². The van der Waals surface area contributed by atoms with Gasteiger partial charge in [-0.1, -0.05) is 0 Å². The number of rotatable bonds is 0. The average Bonchev–Trinajstić information content (AvgIpc) is 2.04. The fourth-order valence-electron chi connectivity index (χ4n) is 1.10. The summed E-state index contributed by atoms with van der Waals surface area (Å²) in [4.78, 5) is 0. The number of phenolic OH excluding ortho intramolecular Hbond substituents is 1. The number of halogens is 1. The summed E-state index contributed by atoms with van der Waals surface area (Å²) in [5, 5.41) is 8.99. The van der Waals surface area contributed by atoms with Gasteiger partial charge in [0.1, 0.15) is 19.0 Å². The highest BCUT2D eigenvalue weighted by Crippen LogP contribution is 2.35. The maximum atomic E-state index is 13.0. The van der Waals surface area contributed by atoms with E-state index in [-0.39, 0.29) is 17.2 Å². The minimum atomic E-state index is -0.593. The summed E-state index contributed by atoms with van der Waals surface area (Å²) in [7, 11) is 0. The number of hydrogen-bond acceptors (Lipinski definition) is 3. The lowest BCUT2D eigenvalue weighted by Crippen LogP contribution is -2.16. The number of ether oxygens (including phenoxy) is 2. The predicted octanol–water partition coefficient (Wildman–Crippen LogP) is 1.30. The molecule has 0 amide bonds. The summed E-state index contributed by atoms with van der Waals surface area (Å²) in [5.74, 6) is -0.403. The van der Waals surface area contributed by atoms with Gasteiger partial charge in [0.2, 0.25) is 0 Å². The van der Waals surface area contributed by atoms with Crippen LogP contribution in [0.3, 0.4) is 0 Å². The largest absolute Gasteiger partial charge is 0.508 e. The first-order valence-electron chi connectivity index (χ1n) is 3.55. The Morgan fingerprint density at radius 3 is 2.83 bits per heavy atom. The molecule has 3 nitrogen and oxygen atoms in total. The third kappa shape index (κ3) is 1.05. The Bertz CT molecular complexity index is 311. The summed E-state index contributed by atoms with van der Waals surface area (Å²) < 4.78 is 23.0. The van der Waals surface area contributed by atoms with E-state index in [2.05, 4.69) is 0 Å². The lowest BCUT2D eigenvalue weighted by Gasteiger charge is -2.18. The fraction of sp³-hybridized carbons (Fsp3) is 0.250. The van der Waals surface area contributed by atoms with E-state index in [4.69, 9.17) is 14.6 Å². The summed E-state index contributed by atoms with van der Waals surface area (Å²) in [6, 6.07) is 2.32. The van der Waals surface area contributed by atoms with Crippen LogP contribution in [0.2, 0.25) is 0 Å². The second kappa shape index (κ2) is 2.55. The van der Waals surface area contributed by atoms with Gasteiger partial charge < -0.3 is 14.6 Å². The molecule has 0 saturated heterocycles. The van der Waals surface area contributed by atoms with Crippen molar-refractivity contribution in [3.8, 4) is 17.2 Å². The molecule has 0 aromatic heterocycles. The van der Waals surface area contributed by atoms with Crippen LogP contribution in [0.25, 0.3) is 0 Å². The number of aromatic hydroxyl groups is 1. The fourth-order valence-corrected chi connectivity index (χ4v) is 1.10. The molecule has 12 heavy (non-hydrogen) atoms. The zero-order valence-corrected chi connectivity index (χ0v) is 6.21. The van der Waals surface area contributed by atoms with Crippen LogP contribution in [0, 0.1) is 5.82 Å². The van der Waals surface area contributed by atoms with Crippen LogP contribution >= 0.6 is 0 Å². The molecule has 2 rings (SSSR count). The van der Waals surface area contributed by atoms with E-state index in [1.165, 1.54) is 6.07 Å². The van der Waals surface area contributed by atoms with Crippen molar-refractivity contribution >= 4 is 0 Å². The molecule has 0 spiro atoms. The molecule has 1 aromatic rings. The third-order valence-corrected chi connectivity index (χ3v) is 1.58. The van der Waals surface area contributed by atoms with Crippen molar-refractivity contribution in [2.24, 2.45) is 0 Å². The van der Waals surface area contributed by atoms with Gasteiger partial charge in [-0.2, -0.15) is 0 Å². The standard InChI is InChI=1S/C8H7FO3/c9-6-3-5(10)4-7-8(6)12-2-1-11-7/h3-4,10H,1-2H2. The number of benzene rings is 1. The van der Waals surface area contributed by atoms with Gasteiger partial charge in [0, 0.05) is 12.1 Å². The van der Waals surface area contributed by atoms with Crippen molar-refractivity contribution < 1.29 is 19.0 Å². The Balaban J connectivity index is 2.53. The van der Waals surface area contributed by atoms with Gasteiger partial charge >= 0.3 is 0 Å². The van der Waals surface area contributed by atoms with E-state index in [0.29, 0.717) is 13.2 Å². The lowest BCUT2D eigenvalue weighted by molar-refractivity contribution is 0.163. The van der Waals surface area contributed by atoms with Crippen LogP contribution in [0.5, 0.6) is 17.2 Å². The molecule has 0 radical (unpaired) electrons. The Kier molecular flexibility index (Phi) is 1.53. The Hall–Kier alpha value is -1.45. The van der Waals surface area contributed by atoms with Crippen molar-refractivity contribution in [2.75, 3.05) is 13.2 Å². The third-order valence-electron chi connectivity index (χ3n) is 1.58. The molecule has 4 heteroatoms. The maximum Gasteiger partial charge on any atom is 0.197 e. The quantitative estimate of drug-likeness (QED) is 0.637. The van der Waals surface area contributed by atoms with Crippen LogP contribution in [-0.2, 0) is 0 Å². The minimum Gasteiger partial charge on any atom is -0.508 e. The molecule has 1 heterocycles. The summed E-state index contributed by atoms with van der Waals surface area (Å²) >= 11 is 0. The van der Waals surface area contributed by atoms with E-state index in [9.17, 15) is 4.39 Å². The zero-order chi connectivity index (χ0) is 8.55. The van der Waals surface area contributed by atoms with Crippen molar-refractivity contribution in [3.63, 3.8) is 0 Å². The first kappa shape index (κ1) is 7.21. The van der Waals surface area contributed by atoms with Gasteiger partial charge in [-0.15, -0.1) is 0 Å². The molecular weight excluding hydrogens is 163 g/mol. The molecule has 64 valence electrons. The average molecular weight is 170 g/mol. The van der Waals surface area contributed by atoms with E-state index >= 15 is 0 Å². The topological polar surface area (TPSA) is 38.7 Å². The second-order valence-corrected chi connectivity index (χ2v) is 2.45. The van der Waals surface area contributed by atoms with Crippen molar-refractivity contribution in [1.82, 2.24) is 0 Å². The SMILES string of the molecule is Oc1cc(F)c2c(c1)OCCO2. The van der Waals surface area contributed by atoms with Gasteiger partial charge in [0.25, 0.3) is 0 Å². The molecule has 0 bridgehead atoms. The van der Waals surface area contributed by atoms with E-state index in [1.807, 2.05) is 0 Å². The molecule has 0 atom stereocenters. The van der Waals surface area contributed by atoms with Gasteiger partial charge in [0.05, 0.1) is 0 Å². The van der Waals surface area contributed by atoms with Crippen molar-refractivity contribution in [2.45, 2.75) is 0 Å². The Morgan fingerprint density at radius 2 is 2.00 bits per heavy atom. The molecule has 0 unspecified atom stereocenters.